The van der Waals surface area contributed by atoms with Gasteiger partial charge in [-0.1, -0.05) is 6.07 Å². The Morgan fingerprint density at radius 2 is 1.95 bits per heavy atom. The van der Waals surface area contributed by atoms with E-state index in [9.17, 15) is 9.59 Å². The van der Waals surface area contributed by atoms with Crippen molar-refractivity contribution in [3.05, 3.63) is 29.3 Å². The second kappa shape index (κ2) is 8.84. The summed E-state index contributed by atoms with van der Waals surface area (Å²) < 4.78 is 10.4. The fourth-order valence-corrected chi connectivity index (χ4v) is 1.94. The average molecular weight is 306 g/mol. The average Bonchev–Trinajstić information content (AvgIpc) is 2.55. The van der Waals surface area contributed by atoms with Crippen molar-refractivity contribution in [2.45, 2.75) is 13.3 Å². The Kier molecular flexibility index (Phi) is 7.12. The molecule has 0 radical (unpaired) electrons. The molecule has 22 heavy (non-hydrogen) atoms. The molecule has 1 rings (SSSR count). The molecule has 0 aliphatic heterocycles. The molecule has 0 aliphatic carbocycles. The van der Waals surface area contributed by atoms with Gasteiger partial charge in [0.15, 0.2) is 11.5 Å². The van der Waals surface area contributed by atoms with Crippen LogP contribution >= 0.6 is 0 Å². The van der Waals surface area contributed by atoms with Crippen molar-refractivity contribution >= 4 is 18.4 Å². The first-order valence-corrected chi connectivity index (χ1v) is 6.94. The van der Waals surface area contributed by atoms with Crippen molar-refractivity contribution in [3.63, 3.8) is 0 Å². The van der Waals surface area contributed by atoms with Crippen LogP contribution in [-0.4, -0.2) is 44.5 Å². The number of hydrogen-bond donors (Lipinski definition) is 1. The first-order valence-electron chi connectivity index (χ1n) is 6.94. The van der Waals surface area contributed by atoms with Crippen LogP contribution in [0.3, 0.4) is 0 Å². The monoisotopic (exact) mass is 306 g/mol. The highest BCUT2D eigenvalue weighted by molar-refractivity contribution is 6.02. The van der Waals surface area contributed by atoms with Gasteiger partial charge in [-0.15, -0.1) is 0 Å². The van der Waals surface area contributed by atoms with E-state index in [-0.39, 0.29) is 5.91 Å². The lowest BCUT2D eigenvalue weighted by atomic mass is 10.1. The Hall–Kier alpha value is -2.34. The Bertz CT molecular complexity index is 555. The first-order chi connectivity index (χ1) is 10.6. The molecule has 2 N–H and O–H groups in total. The summed E-state index contributed by atoms with van der Waals surface area (Å²) in [5, 5.41) is 0. The predicted molar refractivity (Wildman–Crippen MR) is 84.6 cm³/mol. The molecule has 0 bridgehead atoms. The molecule has 0 saturated carbocycles. The van der Waals surface area contributed by atoms with Gasteiger partial charge in [-0.05, 0) is 43.7 Å². The van der Waals surface area contributed by atoms with Crippen LogP contribution in [0.4, 0.5) is 0 Å². The Balaban J connectivity index is 2.95. The van der Waals surface area contributed by atoms with E-state index in [0.29, 0.717) is 43.0 Å². The van der Waals surface area contributed by atoms with Gasteiger partial charge >= 0.3 is 0 Å². The van der Waals surface area contributed by atoms with Crippen molar-refractivity contribution in [2.75, 3.05) is 27.3 Å². The Morgan fingerprint density at radius 1 is 1.27 bits per heavy atom. The van der Waals surface area contributed by atoms with Crippen LogP contribution in [-0.2, 0) is 9.59 Å². The number of imide groups is 1. The molecule has 1 aromatic rings. The van der Waals surface area contributed by atoms with Gasteiger partial charge in [0.05, 0.1) is 14.2 Å². The molecule has 0 heterocycles. The highest BCUT2D eigenvalue weighted by atomic mass is 16.5. The van der Waals surface area contributed by atoms with Crippen LogP contribution in [0.1, 0.15) is 18.9 Å². The van der Waals surface area contributed by atoms with E-state index in [1.807, 2.05) is 6.07 Å². The summed E-state index contributed by atoms with van der Waals surface area (Å²) in [6.07, 6.45) is 2.81. The summed E-state index contributed by atoms with van der Waals surface area (Å²) in [4.78, 5) is 24.3. The minimum Gasteiger partial charge on any atom is -0.493 e. The third kappa shape index (κ3) is 4.60. The quantitative estimate of drug-likeness (QED) is 0.580. The topological polar surface area (TPSA) is 81.9 Å². The Morgan fingerprint density at radius 3 is 2.50 bits per heavy atom. The van der Waals surface area contributed by atoms with Gasteiger partial charge in [-0.25, -0.2) is 0 Å². The summed E-state index contributed by atoms with van der Waals surface area (Å²) in [5.74, 6) is 0.853. The van der Waals surface area contributed by atoms with Crippen LogP contribution in [0.15, 0.2) is 23.8 Å². The molecule has 0 aromatic heterocycles. The molecule has 120 valence electrons. The number of nitrogens with two attached hydrogens (primary N) is 1. The van der Waals surface area contributed by atoms with Crippen LogP contribution in [0, 0.1) is 0 Å². The van der Waals surface area contributed by atoms with E-state index >= 15 is 0 Å². The molecule has 0 spiro atoms. The molecule has 0 unspecified atom stereocenters. The van der Waals surface area contributed by atoms with Crippen LogP contribution < -0.4 is 15.2 Å². The molecule has 0 atom stereocenters. The summed E-state index contributed by atoms with van der Waals surface area (Å²) in [6.45, 7) is 2.41. The summed E-state index contributed by atoms with van der Waals surface area (Å²) >= 11 is 0. The van der Waals surface area contributed by atoms with Gasteiger partial charge in [0, 0.05) is 12.1 Å². The first kappa shape index (κ1) is 17.7. The van der Waals surface area contributed by atoms with Crippen molar-refractivity contribution in [1.29, 1.82) is 0 Å². The van der Waals surface area contributed by atoms with Crippen molar-refractivity contribution in [2.24, 2.45) is 5.73 Å². The van der Waals surface area contributed by atoms with Gasteiger partial charge in [0.25, 0.3) is 5.91 Å². The van der Waals surface area contributed by atoms with Crippen LogP contribution in [0.25, 0.3) is 6.08 Å². The number of carbonyl (C=O) groups excluding carboxylic acids is 2. The lowest BCUT2D eigenvalue weighted by Gasteiger charge is -2.15. The van der Waals surface area contributed by atoms with Crippen LogP contribution in [0.5, 0.6) is 11.5 Å². The molecule has 0 fully saturated rings. The minimum absolute atomic E-state index is 0.315. The highest BCUT2D eigenvalue weighted by Crippen LogP contribution is 2.28. The smallest absolute Gasteiger partial charge is 0.255 e. The summed E-state index contributed by atoms with van der Waals surface area (Å²) in [5.41, 5.74) is 6.64. The maximum Gasteiger partial charge on any atom is 0.255 e. The number of rotatable bonds is 8. The minimum atomic E-state index is -0.335. The maximum atomic E-state index is 12.2. The molecular formula is C16H22N2O4. The van der Waals surface area contributed by atoms with Crippen molar-refractivity contribution < 1.29 is 19.1 Å². The normalized spacial score (nSPS) is 11.0. The number of nitrogens with zero attached hydrogens (tertiary/aromatic N) is 1. The fraction of sp³-hybridized carbons (Fsp3) is 0.375. The number of methoxy groups -OCH3 is 2. The van der Waals surface area contributed by atoms with E-state index in [2.05, 4.69) is 0 Å². The number of hydrogen-bond acceptors (Lipinski definition) is 5. The molecule has 6 nitrogen and oxygen atoms in total. The van der Waals surface area contributed by atoms with Crippen LogP contribution in [0.2, 0.25) is 0 Å². The van der Waals surface area contributed by atoms with E-state index in [1.54, 1.807) is 39.4 Å². The van der Waals surface area contributed by atoms with Gasteiger partial charge in [-0.2, -0.15) is 0 Å². The molecule has 6 heteroatoms. The highest BCUT2D eigenvalue weighted by Gasteiger charge is 2.14. The fourth-order valence-electron chi connectivity index (χ4n) is 1.94. The second-order valence-corrected chi connectivity index (χ2v) is 4.69. The number of amides is 2. The SMILES string of the molecule is COc1ccc(/C=C(\C)C(=O)N(C=O)CCCN)cc1OC. The van der Waals surface area contributed by atoms with E-state index < -0.39 is 0 Å². The zero-order valence-electron chi connectivity index (χ0n) is 13.2. The van der Waals surface area contributed by atoms with Gasteiger partial charge in [-0.3, -0.25) is 14.5 Å². The largest absolute Gasteiger partial charge is 0.493 e. The molecular weight excluding hydrogens is 284 g/mol. The predicted octanol–water partition coefficient (Wildman–Crippen LogP) is 1.44. The second-order valence-electron chi connectivity index (χ2n) is 4.69. The van der Waals surface area contributed by atoms with E-state index in [0.717, 1.165) is 10.5 Å². The van der Waals surface area contributed by atoms with Gasteiger partial charge in [0.2, 0.25) is 6.41 Å². The number of carbonyl (C=O) groups is 2. The summed E-state index contributed by atoms with van der Waals surface area (Å²) in [6, 6.07) is 5.33. The molecule has 0 saturated heterocycles. The summed E-state index contributed by atoms with van der Waals surface area (Å²) in [7, 11) is 3.10. The molecule has 2 amide bonds. The maximum absolute atomic E-state index is 12.2. The molecule has 1 aromatic carbocycles. The third-order valence-electron chi connectivity index (χ3n) is 3.12. The van der Waals surface area contributed by atoms with Crippen molar-refractivity contribution in [3.8, 4) is 11.5 Å². The lowest BCUT2D eigenvalue weighted by molar-refractivity contribution is -0.135. The Labute approximate surface area is 130 Å². The zero-order chi connectivity index (χ0) is 16.5. The lowest BCUT2D eigenvalue weighted by Crippen LogP contribution is -2.32. The van der Waals surface area contributed by atoms with E-state index in [1.165, 1.54) is 0 Å². The zero-order valence-corrected chi connectivity index (χ0v) is 13.2. The third-order valence-corrected chi connectivity index (χ3v) is 3.12. The van der Waals surface area contributed by atoms with Crippen molar-refractivity contribution in [1.82, 2.24) is 4.90 Å². The number of ether oxygens (including phenoxy) is 2. The standard InChI is InChI=1S/C16H22N2O4/c1-12(16(20)18(11-19)8-4-7-17)9-13-5-6-14(21-2)15(10-13)22-3/h5-6,9-11H,4,7-8,17H2,1-3H3/b12-9+. The molecule has 0 aliphatic rings. The van der Waals surface area contributed by atoms with Gasteiger partial charge in [0.1, 0.15) is 0 Å². The van der Waals surface area contributed by atoms with Gasteiger partial charge < -0.3 is 15.2 Å². The van der Waals surface area contributed by atoms with E-state index in [4.69, 9.17) is 15.2 Å². The number of benzene rings is 1.